The molecule has 33 heavy (non-hydrogen) atoms. The van der Waals surface area contributed by atoms with Crippen LogP contribution in [0.5, 0.6) is 0 Å². The van der Waals surface area contributed by atoms with E-state index in [1.807, 2.05) is 25.1 Å². The second kappa shape index (κ2) is 9.41. The summed E-state index contributed by atoms with van der Waals surface area (Å²) in [6.07, 6.45) is 2.19. The van der Waals surface area contributed by atoms with Crippen molar-refractivity contribution < 1.29 is 18.7 Å². The van der Waals surface area contributed by atoms with Crippen molar-refractivity contribution in [2.45, 2.75) is 39.0 Å². The maximum Gasteiger partial charge on any atom is 0.335 e. The normalized spacial score (nSPS) is 12.1. The first kappa shape index (κ1) is 22.5. The SMILES string of the molecule is Cc1cc(C(C)CCCc2ccccc2C(=O)O)c2oc(-c3ccccc3F)cc(=O)c2c1. The van der Waals surface area contributed by atoms with E-state index >= 15 is 0 Å². The Morgan fingerprint density at radius 2 is 1.79 bits per heavy atom. The summed E-state index contributed by atoms with van der Waals surface area (Å²) in [5.74, 6) is -1.11. The number of rotatable bonds is 7. The molecule has 3 aromatic carbocycles. The molecule has 0 amide bonds. The lowest BCUT2D eigenvalue weighted by Crippen LogP contribution is -2.06. The highest BCUT2D eigenvalue weighted by atomic mass is 19.1. The molecule has 0 aliphatic rings. The van der Waals surface area contributed by atoms with Gasteiger partial charge >= 0.3 is 5.97 Å². The molecule has 0 fully saturated rings. The fraction of sp³-hybridized carbons (Fsp3) is 0.214. The van der Waals surface area contributed by atoms with Crippen LogP contribution in [0.25, 0.3) is 22.3 Å². The van der Waals surface area contributed by atoms with Crippen molar-refractivity contribution >= 4 is 16.9 Å². The highest BCUT2D eigenvalue weighted by molar-refractivity contribution is 5.89. The average molecular weight is 445 g/mol. The molecule has 0 saturated carbocycles. The second-order valence-corrected chi connectivity index (χ2v) is 8.44. The predicted octanol–water partition coefficient (Wildman–Crippen LogP) is 6.73. The van der Waals surface area contributed by atoms with Gasteiger partial charge in [0.25, 0.3) is 0 Å². The van der Waals surface area contributed by atoms with Crippen molar-refractivity contribution in [2.24, 2.45) is 0 Å². The van der Waals surface area contributed by atoms with Crippen molar-refractivity contribution in [3.05, 3.63) is 105 Å². The van der Waals surface area contributed by atoms with Crippen LogP contribution in [-0.2, 0) is 6.42 Å². The zero-order chi connectivity index (χ0) is 23.5. The fourth-order valence-corrected chi connectivity index (χ4v) is 4.30. The third-order valence-electron chi connectivity index (χ3n) is 6.00. The minimum absolute atomic E-state index is 0.0587. The molecule has 1 aromatic heterocycles. The highest BCUT2D eigenvalue weighted by Gasteiger charge is 2.18. The number of carboxylic acids is 1. The maximum atomic E-state index is 14.3. The lowest BCUT2D eigenvalue weighted by molar-refractivity contribution is 0.0695. The summed E-state index contributed by atoms with van der Waals surface area (Å²) in [4.78, 5) is 24.3. The molecular weight excluding hydrogens is 419 g/mol. The van der Waals surface area contributed by atoms with Gasteiger partial charge in [-0.25, -0.2) is 9.18 Å². The number of aryl methyl sites for hydroxylation is 2. The predicted molar refractivity (Wildman–Crippen MR) is 127 cm³/mol. The molecular formula is C28H25FO4. The first-order valence-corrected chi connectivity index (χ1v) is 11.0. The Morgan fingerprint density at radius 3 is 2.55 bits per heavy atom. The highest BCUT2D eigenvalue weighted by Crippen LogP contribution is 2.32. The number of fused-ring (bicyclic) bond motifs is 1. The van der Waals surface area contributed by atoms with Gasteiger partial charge in [0.05, 0.1) is 16.5 Å². The van der Waals surface area contributed by atoms with Crippen molar-refractivity contribution in [2.75, 3.05) is 0 Å². The quantitative estimate of drug-likeness (QED) is 0.343. The number of benzene rings is 3. The van der Waals surface area contributed by atoms with Gasteiger partial charge in [-0.05, 0) is 73.1 Å². The number of halogens is 1. The van der Waals surface area contributed by atoms with Crippen molar-refractivity contribution in [3.63, 3.8) is 0 Å². The number of carboxylic acid groups (broad SMARTS) is 1. The molecule has 4 nitrogen and oxygen atoms in total. The molecule has 0 spiro atoms. The summed E-state index contributed by atoms with van der Waals surface area (Å²) in [5.41, 5.74) is 3.50. The molecule has 1 atom stereocenters. The van der Waals surface area contributed by atoms with Gasteiger partial charge in [0, 0.05) is 6.07 Å². The summed E-state index contributed by atoms with van der Waals surface area (Å²) in [5, 5.41) is 9.88. The van der Waals surface area contributed by atoms with E-state index in [0.29, 0.717) is 23.0 Å². The van der Waals surface area contributed by atoms with E-state index in [4.69, 9.17) is 4.42 Å². The molecule has 0 saturated heterocycles. The van der Waals surface area contributed by atoms with Crippen LogP contribution >= 0.6 is 0 Å². The number of aromatic carboxylic acids is 1. The Bertz CT molecular complexity index is 1390. The van der Waals surface area contributed by atoms with Crippen LogP contribution < -0.4 is 5.43 Å². The van der Waals surface area contributed by atoms with Crippen LogP contribution in [0.4, 0.5) is 4.39 Å². The van der Waals surface area contributed by atoms with Crippen molar-refractivity contribution in [3.8, 4) is 11.3 Å². The fourth-order valence-electron chi connectivity index (χ4n) is 4.30. The van der Waals surface area contributed by atoms with Gasteiger partial charge in [-0.1, -0.05) is 43.3 Å². The van der Waals surface area contributed by atoms with Gasteiger partial charge in [-0.15, -0.1) is 0 Å². The summed E-state index contributed by atoms with van der Waals surface area (Å²) >= 11 is 0. The van der Waals surface area contributed by atoms with E-state index in [9.17, 15) is 19.1 Å². The molecule has 0 radical (unpaired) electrons. The van der Waals surface area contributed by atoms with E-state index < -0.39 is 11.8 Å². The van der Waals surface area contributed by atoms with E-state index in [-0.39, 0.29) is 22.7 Å². The molecule has 4 rings (SSSR count). The molecule has 1 N–H and O–H groups in total. The van der Waals surface area contributed by atoms with Crippen LogP contribution in [0.15, 0.2) is 75.9 Å². The Labute approximate surface area is 191 Å². The lowest BCUT2D eigenvalue weighted by atomic mass is 9.91. The smallest absolute Gasteiger partial charge is 0.335 e. The monoisotopic (exact) mass is 444 g/mol. The van der Waals surface area contributed by atoms with E-state index in [1.54, 1.807) is 36.4 Å². The Morgan fingerprint density at radius 1 is 1.06 bits per heavy atom. The standard InChI is InChI=1S/C28H25FO4/c1-17-14-22(18(2)8-7-10-19-9-3-4-11-20(19)28(31)32)27-23(15-17)25(30)16-26(33-27)21-12-5-6-13-24(21)29/h3-6,9,11-16,18H,7-8,10H2,1-2H3,(H,31,32). The summed E-state index contributed by atoms with van der Waals surface area (Å²) < 4.78 is 20.5. The van der Waals surface area contributed by atoms with Crippen molar-refractivity contribution in [1.29, 1.82) is 0 Å². The molecule has 0 aliphatic carbocycles. The number of hydrogen-bond donors (Lipinski definition) is 1. The van der Waals surface area contributed by atoms with E-state index in [2.05, 4.69) is 6.92 Å². The third kappa shape index (κ3) is 4.72. The molecule has 0 aliphatic heterocycles. The Kier molecular flexibility index (Phi) is 6.40. The molecule has 5 heteroatoms. The van der Waals surface area contributed by atoms with Gasteiger partial charge in [-0.3, -0.25) is 4.79 Å². The minimum atomic E-state index is -0.925. The first-order valence-electron chi connectivity index (χ1n) is 11.0. The number of hydrogen-bond acceptors (Lipinski definition) is 3. The van der Waals surface area contributed by atoms with Crippen LogP contribution in [0.3, 0.4) is 0 Å². The minimum Gasteiger partial charge on any atom is -0.478 e. The van der Waals surface area contributed by atoms with Crippen LogP contribution in [0.1, 0.15) is 52.7 Å². The largest absolute Gasteiger partial charge is 0.478 e. The van der Waals surface area contributed by atoms with Gasteiger partial charge in [-0.2, -0.15) is 0 Å². The van der Waals surface area contributed by atoms with E-state index in [0.717, 1.165) is 29.5 Å². The van der Waals surface area contributed by atoms with Crippen LogP contribution in [-0.4, -0.2) is 11.1 Å². The third-order valence-corrected chi connectivity index (χ3v) is 6.00. The van der Waals surface area contributed by atoms with Gasteiger partial charge in [0.2, 0.25) is 0 Å². The zero-order valence-electron chi connectivity index (χ0n) is 18.6. The molecule has 1 unspecified atom stereocenters. The Balaban J connectivity index is 1.66. The summed E-state index contributed by atoms with van der Waals surface area (Å²) in [6, 6.07) is 18.4. The van der Waals surface area contributed by atoms with Gasteiger partial charge in [0.15, 0.2) is 5.43 Å². The number of carbonyl (C=O) groups is 1. The average Bonchev–Trinajstić information content (AvgIpc) is 2.79. The molecule has 0 bridgehead atoms. The van der Waals surface area contributed by atoms with E-state index in [1.165, 1.54) is 12.1 Å². The molecule has 4 aromatic rings. The van der Waals surface area contributed by atoms with Gasteiger partial charge in [0.1, 0.15) is 17.2 Å². The lowest BCUT2D eigenvalue weighted by Gasteiger charge is -2.16. The maximum absolute atomic E-state index is 14.3. The molecule has 1 heterocycles. The topological polar surface area (TPSA) is 67.5 Å². The summed E-state index contributed by atoms with van der Waals surface area (Å²) in [6.45, 7) is 4.00. The zero-order valence-corrected chi connectivity index (χ0v) is 18.6. The van der Waals surface area contributed by atoms with Crippen molar-refractivity contribution in [1.82, 2.24) is 0 Å². The summed E-state index contributed by atoms with van der Waals surface area (Å²) in [7, 11) is 0. The van der Waals surface area contributed by atoms with Gasteiger partial charge < -0.3 is 9.52 Å². The second-order valence-electron chi connectivity index (χ2n) is 8.44. The molecule has 168 valence electrons. The van der Waals surface area contributed by atoms with Crippen LogP contribution in [0, 0.1) is 12.7 Å². The Hall–Kier alpha value is -3.73. The van der Waals surface area contributed by atoms with Crippen LogP contribution in [0.2, 0.25) is 0 Å². The first-order chi connectivity index (χ1) is 15.8.